The first kappa shape index (κ1) is 17.3. The Balaban J connectivity index is 2.22. The summed E-state index contributed by atoms with van der Waals surface area (Å²) in [6.45, 7) is 9.32. The summed E-state index contributed by atoms with van der Waals surface area (Å²) in [6, 6.07) is 5.31. The zero-order valence-corrected chi connectivity index (χ0v) is 14.3. The molecule has 0 amide bonds. The second-order valence-electron chi connectivity index (χ2n) is 5.79. The van der Waals surface area contributed by atoms with Crippen LogP contribution in [0.3, 0.4) is 0 Å². The first-order valence-corrected chi connectivity index (χ1v) is 8.11. The molecule has 0 bridgehead atoms. The summed E-state index contributed by atoms with van der Waals surface area (Å²) in [5, 5.41) is 7.21. The molecule has 0 saturated carbocycles. The molecule has 6 heteroatoms. The van der Waals surface area contributed by atoms with E-state index < -0.39 is 6.04 Å². The summed E-state index contributed by atoms with van der Waals surface area (Å²) < 4.78 is 11.2. The summed E-state index contributed by atoms with van der Waals surface area (Å²) in [5.41, 5.74) is 7.20. The van der Waals surface area contributed by atoms with Gasteiger partial charge in [0.15, 0.2) is 17.3 Å². The van der Waals surface area contributed by atoms with Crippen molar-refractivity contribution in [2.45, 2.75) is 40.2 Å². The molecule has 2 rings (SSSR count). The van der Waals surface area contributed by atoms with E-state index in [1.165, 1.54) is 0 Å². The highest BCUT2D eigenvalue weighted by atomic mass is 16.5. The number of hydrogen-bond acceptors (Lipinski definition) is 5. The van der Waals surface area contributed by atoms with E-state index in [9.17, 15) is 0 Å². The molecule has 0 aliphatic heterocycles. The maximum Gasteiger partial charge on any atom is 0.171 e. The molecule has 0 aliphatic rings. The van der Waals surface area contributed by atoms with Crippen molar-refractivity contribution in [1.82, 2.24) is 15.2 Å². The van der Waals surface area contributed by atoms with Gasteiger partial charge >= 0.3 is 0 Å². The minimum atomic E-state index is -0.401. The highest BCUT2D eigenvalue weighted by molar-refractivity contribution is 5.44. The topological polar surface area (TPSA) is 86.0 Å². The number of ether oxygens (including phenoxy) is 2. The second-order valence-corrected chi connectivity index (χ2v) is 5.79. The summed E-state index contributed by atoms with van der Waals surface area (Å²) in [7, 11) is 0. The third-order valence-electron chi connectivity index (χ3n) is 3.36. The van der Waals surface area contributed by atoms with E-state index in [1.807, 2.05) is 32.0 Å². The van der Waals surface area contributed by atoms with Crippen LogP contribution in [-0.2, 0) is 6.42 Å². The molecule has 1 aromatic carbocycles. The van der Waals surface area contributed by atoms with Gasteiger partial charge < -0.3 is 15.2 Å². The average molecular weight is 318 g/mol. The number of aromatic amines is 1. The second kappa shape index (κ2) is 7.97. The first-order valence-electron chi connectivity index (χ1n) is 8.11. The van der Waals surface area contributed by atoms with Crippen molar-refractivity contribution in [2.75, 3.05) is 13.2 Å². The number of nitrogens with zero attached hydrogens (tertiary/aromatic N) is 2. The predicted octanol–water partition coefficient (Wildman–Crippen LogP) is 2.85. The van der Waals surface area contributed by atoms with Crippen LogP contribution in [0.1, 0.15) is 50.9 Å². The van der Waals surface area contributed by atoms with Crippen molar-refractivity contribution in [2.24, 2.45) is 11.7 Å². The van der Waals surface area contributed by atoms with Crippen LogP contribution in [0, 0.1) is 5.92 Å². The number of aromatic nitrogens is 3. The number of hydrogen-bond donors (Lipinski definition) is 2. The summed E-state index contributed by atoms with van der Waals surface area (Å²) >= 11 is 0. The van der Waals surface area contributed by atoms with Crippen molar-refractivity contribution in [3.63, 3.8) is 0 Å². The maximum absolute atomic E-state index is 6.31. The minimum absolute atomic E-state index is 0.401. The van der Waals surface area contributed by atoms with Crippen LogP contribution in [0.4, 0.5) is 0 Å². The lowest BCUT2D eigenvalue weighted by Crippen LogP contribution is -2.14. The van der Waals surface area contributed by atoms with Gasteiger partial charge in [0, 0.05) is 6.42 Å². The van der Waals surface area contributed by atoms with Gasteiger partial charge in [-0.15, -0.1) is 0 Å². The number of nitrogens with one attached hydrogen (secondary N) is 1. The van der Waals surface area contributed by atoms with Crippen molar-refractivity contribution in [3.8, 4) is 11.5 Å². The van der Waals surface area contributed by atoms with Crippen molar-refractivity contribution in [3.05, 3.63) is 35.4 Å². The smallest absolute Gasteiger partial charge is 0.171 e. The van der Waals surface area contributed by atoms with E-state index in [4.69, 9.17) is 15.2 Å². The van der Waals surface area contributed by atoms with Crippen LogP contribution in [0.2, 0.25) is 0 Å². The predicted molar refractivity (Wildman–Crippen MR) is 89.7 cm³/mol. The molecule has 0 fully saturated rings. The van der Waals surface area contributed by atoms with Gasteiger partial charge in [-0.25, -0.2) is 4.98 Å². The zero-order chi connectivity index (χ0) is 16.8. The molecule has 0 aliphatic carbocycles. The van der Waals surface area contributed by atoms with Crippen molar-refractivity contribution >= 4 is 0 Å². The largest absolute Gasteiger partial charge is 0.490 e. The Hall–Kier alpha value is -2.08. The van der Waals surface area contributed by atoms with Crippen molar-refractivity contribution < 1.29 is 9.47 Å². The summed E-state index contributed by atoms with van der Waals surface area (Å²) in [5.74, 6) is 3.39. The van der Waals surface area contributed by atoms with Gasteiger partial charge in [-0.05, 0) is 37.5 Å². The highest BCUT2D eigenvalue weighted by Gasteiger charge is 2.17. The standard InChI is InChI=1S/C17H26N4O2/c1-5-22-13-8-7-12(10-14(13)23-6-2)16(18)17-19-15(20-21-17)9-11(3)4/h7-8,10-11,16H,5-6,9,18H2,1-4H3,(H,19,20,21). The molecule has 3 N–H and O–H groups in total. The lowest BCUT2D eigenvalue weighted by molar-refractivity contribution is 0.287. The van der Waals surface area contributed by atoms with Crippen LogP contribution >= 0.6 is 0 Å². The SMILES string of the molecule is CCOc1ccc(C(N)c2n[nH]c(CC(C)C)n2)cc1OCC. The fourth-order valence-corrected chi connectivity index (χ4v) is 2.34. The Kier molecular flexibility index (Phi) is 5.98. The average Bonchev–Trinajstić information content (AvgIpc) is 2.96. The van der Waals surface area contributed by atoms with Crippen LogP contribution < -0.4 is 15.2 Å². The van der Waals surface area contributed by atoms with Gasteiger partial charge in [-0.1, -0.05) is 19.9 Å². The van der Waals surface area contributed by atoms with Crippen LogP contribution in [0.25, 0.3) is 0 Å². The van der Waals surface area contributed by atoms with E-state index in [1.54, 1.807) is 0 Å². The normalized spacial score (nSPS) is 12.4. The molecule has 1 aromatic heterocycles. The molecule has 1 atom stereocenters. The molecule has 23 heavy (non-hydrogen) atoms. The van der Waals surface area contributed by atoms with Gasteiger partial charge in [0.25, 0.3) is 0 Å². The molecule has 0 saturated heterocycles. The molecular formula is C17H26N4O2. The van der Waals surface area contributed by atoms with E-state index in [2.05, 4.69) is 29.0 Å². The number of H-pyrrole nitrogens is 1. The Morgan fingerprint density at radius 2 is 1.83 bits per heavy atom. The molecule has 0 radical (unpaired) electrons. The van der Waals surface area contributed by atoms with Gasteiger partial charge in [0.05, 0.1) is 19.3 Å². The van der Waals surface area contributed by atoms with Gasteiger partial charge in [0.1, 0.15) is 5.82 Å². The van der Waals surface area contributed by atoms with Gasteiger partial charge in [-0.2, -0.15) is 5.10 Å². The molecule has 126 valence electrons. The molecule has 0 spiro atoms. The monoisotopic (exact) mass is 318 g/mol. The molecule has 2 aromatic rings. The zero-order valence-electron chi connectivity index (χ0n) is 14.3. The van der Waals surface area contributed by atoms with E-state index in [-0.39, 0.29) is 0 Å². The minimum Gasteiger partial charge on any atom is -0.490 e. The number of nitrogens with two attached hydrogens (primary N) is 1. The quantitative estimate of drug-likeness (QED) is 0.781. The highest BCUT2D eigenvalue weighted by Crippen LogP contribution is 2.31. The third-order valence-corrected chi connectivity index (χ3v) is 3.36. The Labute approximate surface area is 137 Å². The lowest BCUT2D eigenvalue weighted by Gasteiger charge is -2.14. The molecular weight excluding hydrogens is 292 g/mol. The van der Waals surface area contributed by atoms with Crippen LogP contribution in [-0.4, -0.2) is 28.4 Å². The maximum atomic E-state index is 6.31. The van der Waals surface area contributed by atoms with Gasteiger partial charge in [-0.3, -0.25) is 5.10 Å². The lowest BCUT2D eigenvalue weighted by atomic mass is 10.1. The summed E-state index contributed by atoms with van der Waals surface area (Å²) in [4.78, 5) is 4.50. The number of rotatable bonds is 8. The summed E-state index contributed by atoms with van der Waals surface area (Å²) in [6.07, 6.45) is 0.854. The van der Waals surface area contributed by atoms with Crippen LogP contribution in [0.15, 0.2) is 18.2 Å². The van der Waals surface area contributed by atoms with Crippen LogP contribution in [0.5, 0.6) is 11.5 Å². The van der Waals surface area contributed by atoms with E-state index in [0.717, 1.165) is 23.6 Å². The Morgan fingerprint density at radius 3 is 2.48 bits per heavy atom. The fraction of sp³-hybridized carbons (Fsp3) is 0.529. The molecule has 1 heterocycles. The van der Waals surface area contributed by atoms with Crippen molar-refractivity contribution in [1.29, 1.82) is 0 Å². The van der Waals surface area contributed by atoms with E-state index >= 15 is 0 Å². The van der Waals surface area contributed by atoms with E-state index in [0.29, 0.717) is 30.7 Å². The first-order chi connectivity index (χ1) is 11.0. The number of benzene rings is 1. The molecule has 1 unspecified atom stereocenters. The Bertz CT molecular complexity index is 625. The Morgan fingerprint density at radius 1 is 1.13 bits per heavy atom. The van der Waals surface area contributed by atoms with Gasteiger partial charge in [0.2, 0.25) is 0 Å². The fourth-order valence-electron chi connectivity index (χ4n) is 2.34. The third kappa shape index (κ3) is 4.45. The molecule has 6 nitrogen and oxygen atoms in total.